The number of allylic oxidation sites excluding steroid dienone is 3. The Morgan fingerprint density at radius 3 is 2.81 bits per heavy atom. The minimum absolute atomic E-state index is 0.0323. The van der Waals surface area contributed by atoms with Crippen molar-refractivity contribution in [2.75, 3.05) is 11.9 Å². The van der Waals surface area contributed by atoms with E-state index in [1.165, 1.54) is 21.8 Å². The van der Waals surface area contributed by atoms with E-state index in [4.69, 9.17) is 0 Å². The Balaban J connectivity index is 1.64. The summed E-state index contributed by atoms with van der Waals surface area (Å²) in [5, 5.41) is 3.69. The normalized spacial score (nSPS) is 18.0. The number of nitrogens with zero attached hydrogens (tertiary/aromatic N) is 2. The van der Waals surface area contributed by atoms with Crippen LogP contribution in [0.5, 0.6) is 0 Å². The van der Waals surface area contributed by atoms with Crippen molar-refractivity contribution in [1.82, 2.24) is 9.29 Å². The van der Waals surface area contributed by atoms with Crippen molar-refractivity contribution in [2.24, 2.45) is 0 Å². The van der Waals surface area contributed by atoms with Gasteiger partial charge in [0.05, 0.1) is 11.7 Å². The van der Waals surface area contributed by atoms with Gasteiger partial charge < -0.3 is 5.32 Å². The first kappa shape index (κ1) is 19.9. The number of aromatic nitrogens is 1. The van der Waals surface area contributed by atoms with E-state index in [0.717, 1.165) is 30.0 Å². The predicted molar refractivity (Wildman–Crippen MR) is 116 cm³/mol. The predicted octanol–water partition coefficient (Wildman–Crippen LogP) is 5.46. The summed E-state index contributed by atoms with van der Waals surface area (Å²) in [5.74, 6) is 0.0323. The molecule has 1 aromatic carbocycles. The standard InChI is InChI=1S/C21H25N3OS2/c1-4-5-6-8-18-16(3)26-21(22-18)23-20(25)19-9-7-14-24(19)27-17-12-10-15(2)11-13-17/h4-6,8,10-13,19H,7,9,14H2,1-3H3,(H,22,23,25)/b5-4-,8-6-. The molecule has 1 aliphatic heterocycles. The van der Waals surface area contributed by atoms with Gasteiger partial charge in [0.15, 0.2) is 5.13 Å². The molecule has 1 fully saturated rings. The second kappa shape index (κ2) is 9.35. The van der Waals surface area contributed by atoms with Gasteiger partial charge in [-0.05, 0) is 63.8 Å². The van der Waals surface area contributed by atoms with Crippen molar-refractivity contribution in [2.45, 2.75) is 44.6 Å². The monoisotopic (exact) mass is 399 g/mol. The van der Waals surface area contributed by atoms with Crippen LogP contribution in [-0.2, 0) is 4.79 Å². The van der Waals surface area contributed by atoms with Gasteiger partial charge in [0.25, 0.3) is 0 Å². The quantitative estimate of drug-likeness (QED) is 0.517. The van der Waals surface area contributed by atoms with Crippen LogP contribution in [0.2, 0.25) is 0 Å². The average Bonchev–Trinajstić information content (AvgIpc) is 3.24. The third-order valence-corrected chi connectivity index (χ3v) is 6.43. The van der Waals surface area contributed by atoms with Crippen LogP contribution >= 0.6 is 23.3 Å². The van der Waals surface area contributed by atoms with Crippen molar-refractivity contribution in [3.05, 3.63) is 58.6 Å². The molecule has 142 valence electrons. The lowest BCUT2D eigenvalue weighted by molar-refractivity contribution is -0.119. The van der Waals surface area contributed by atoms with Crippen molar-refractivity contribution in [3.63, 3.8) is 0 Å². The summed E-state index contributed by atoms with van der Waals surface area (Å²) in [7, 11) is 0. The molecule has 1 aliphatic rings. The van der Waals surface area contributed by atoms with Gasteiger partial charge >= 0.3 is 0 Å². The number of hydrogen-bond donors (Lipinski definition) is 1. The summed E-state index contributed by atoms with van der Waals surface area (Å²) in [6.07, 6.45) is 9.78. The molecule has 1 atom stereocenters. The van der Waals surface area contributed by atoms with Crippen LogP contribution in [-0.4, -0.2) is 27.8 Å². The second-order valence-corrected chi connectivity index (χ2v) is 8.86. The number of carbonyl (C=O) groups excluding carboxylic acids is 1. The van der Waals surface area contributed by atoms with Crippen molar-refractivity contribution < 1.29 is 4.79 Å². The number of aryl methyl sites for hydroxylation is 2. The molecule has 0 radical (unpaired) electrons. The lowest BCUT2D eigenvalue weighted by atomic mass is 10.2. The minimum atomic E-state index is -0.123. The number of hydrogen-bond acceptors (Lipinski definition) is 5. The molecule has 2 aromatic rings. The number of carbonyl (C=O) groups is 1. The highest BCUT2D eigenvalue weighted by Crippen LogP contribution is 2.32. The first-order valence-corrected chi connectivity index (χ1v) is 10.7. The molecule has 1 amide bonds. The lowest BCUT2D eigenvalue weighted by Crippen LogP contribution is -2.35. The topological polar surface area (TPSA) is 45.2 Å². The molecule has 3 rings (SSSR count). The van der Waals surface area contributed by atoms with Gasteiger partial charge in [0.1, 0.15) is 0 Å². The smallest absolute Gasteiger partial charge is 0.244 e. The maximum absolute atomic E-state index is 12.8. The zero-order valence-corrected chi connectivity index (χ0v) is 17.6. The van der Waals surface area contributed by atoms with Gasteiger partial charge in [-0.2, -0.15) is 0 Å². The van der Waals surface area contributed by atoms with Gasteiger partial charge in [-0.25, -0.2) is 9.29 Å². The minimum Gasteiger partial charge on any atom is -0.301 e. The summed E-state index contributed by atoms with van der Waals surface area (Å²) < 4.78 is 2.19. The number of thiazole rings is 1. The molecule has 0 aliphatic carbocycles. The molecular formula is C21H25N3OS2. The van der Waals surface area contributed by atoms with Gasteiger partial charge in [-0.3, -0.25) is 4.79 Å². The van der Waals surface area contributed by atoms with Crippen LogP contribution in [0.15, 0.2) is 47.4 Å². The molecule has 0 bridgehead atoms. The average molecular weight is 400 g/mol. The molecule has 27 heavy (non-hydrogen) atoms. The van der Waals surface area contributed by atoms with E-state index in [-0.39, 0.29) is 11.9 Å². The zero-order valence-electron chi connectivity index (χ0n) is 15.9. The molecule has 6 heteroatoms. The van der Waals surface area contributed by atoms with E-state index in [1.54, 1.807) is 11.9 Å². The second-order valence-electron chi connectivity index (χ2n) is 6.54. The Bertz CT molecular complexity index is 840. The summed E-state index contributed by atoms with van der Waals surface area (Å²) in [5.41, 5.74) is 2.15. The summed E-state index contributed by atoms with van der Waals surface area (Å²) in [6, 6.07) is 8.31. The molecule has 0 saturated carbocycles. The molecular weight excluding hydrogens is 374 g/mol. The molecule has 1 saturated heterocycles. The summed E-state index contributed by atoms with van der Waals surface area (Å²) >= 11 is 3.19. The molecule has 1 N–H and O–H groups in total. The third kappa shape index (κ3) is 5.31. The van der Waals surface area contributed by atoms with Gasteiger partial charge in [0, 0.05) is 16.3 Å². The van der Waals surface area contributed by atoms with Gasteiger partial charge in [0.2, 0.25) is 5.91 Å². The third-order valence-electron chi connectivity index (χ3n) is 4.37. The van der Waals surface area contributed by atoms with Gasteiger partial charge in [-0.15, -0.1) is 11.3 Å². The van der Waals surface area contributed by atoms with E-state index >= 15 is 0 Å². The van der Waals surface area contributed by atoms with Crippen molar-refractivity contribution >= 4 is 40.4 Å². The zero-order chi connectivity index (χ0) is 19.2. The van der Waals surface area contributed by atoms with E-state index in [2.05, 4.69) is 45.8 Å². The Hall–Kier alpha value is -1.89. The van der Waals surface area contributed by atoms with Crippen molar-refractivity contribution in [1.29, 1.82) is 0 Å². The highest BCUT2D eigenvalue weighted by atomic mass is 32.2. The number of nitrogens with one attached hydrogen (secondary N) is 1. The van der Waals surface area contributed by atoms with E-state index < -0.39 is 0 Å². The number of anilines is 1. The fourth-order valence-electron chi connectivity index (χ4n) is 2.91. The first-order valence-electron chi connectivity index (χ1n) is 9.16. The van der Waals surface area contributed by atoms with Crippen LogP contribution in [0.3, 0.4) is 0 Å². The van der Waals surface area contributed by atoms with Crippen molar-refractivity contribution in [3.8, 4) is 0 Å². The maximum Gasteiger partial charge on any atom is 0.244 e. The lowest BCUT2D eigenvalue weighted by Gasteiger charge is -2.22. The fourth-order valence-corrected chi connectivity index (χ4v) is 4.79. The summed E-state index contributed by atoms with van der Waals surface area (Å²) in [6.45, 7) is 7.01. The molecule has 1 unspecified atom stereocenters. The van der Waals surface area contributed by atoms with Crippen LogP contribution in [0.1, 0.15) is 35.9 Å². The Morgan fingerprint density at radius 2 is 2.07 bits per heavy atom. The number of benzene rings is 1. The Kier molecular flexibility index (Phi) is 6.88. The summed E-state index contributed by atoms with van der Waals surface area (Å²) in [4.78, 5) is 19.6. The Morgan fingerprint density at radius 1 is 1.30 bits per heavy atom. The van der Waals surface area contributed by atoms with E-state index in [0.29, 0.717) is 5.13 Å². The highest BCUT2D eigenvalue weighted by Gasteiger charge is 2.32. The van der Waals surface area contributed by atoms with Crippen LogP contribution < -0.4 is 5.32 Å². The van der Waals surface area contributed by atoms with Gasteiger partial charge in [-0.1, -0.05) is 35.9 Å². The largest absolute Gasteiger partial charge is 0.301 e. The maximum atomic E-state index is 12.8. The molecule has 2 heterocycles. The van der Waals surface area contributed by atoms with Crippen LogP contribution in [0, 0.1) is 13.8 Å². The number of amides is 1. The fraction of sp³-hybridized carbons (Fsp3) is 0.333. The molecule has 0 spiro atoms. The molecule has 1 aromatic heterocycles. The molecule has 4 nitrogen and oxygen atoms in total. The SMILES string of the molecule is C/C=C\C=C/c1nc(NC(=O)C2CCCN2Sc2ccc(C)cc2)sc1C. The van der Waals surface area contributed by atoms with E-state index in [1.807, 2.05) is 38.2 Å². The first-order chi connectivity index (χ1) is 13.1. The van der Waals surface area contributed by atoms with Crippen LogP contribution in [0.4, 0.5) is 5.13 Å². The number of rotatable bonds is 6. The Labute approximate surface area is 169 Å². The highest BCUT2D eigenvalue weighted by molar-refractivity contribution is 7.97. The van der Waals surface area contributed by atoms with Crippen LogP contribution in [0.25, 0.3) is 6.08 Å². The van der Waals surface area contributed by atoms with E-state index in [9.17, 15) is 4.79 Å².